The number of aromatic nitrogens is 4. The predicted octanol–water partition coefficient (Wildman–Crippen LogP) is 4.45. The van der Waals surface area contributed by atoms with E-state index in [1.807, 2.05) is 47.2 Å². The van der Waals surface area contributed by atoms with Crippen molar-refractivity contribution in [2.75, 3.05) is 5.32 Å². The number of carbonyl (C=O) groups excluding carboxylic acids is 1. The van der Waals surface area contributed by atoms with Crippen LogP contribution in [-0.4, -0.2) is 30.9 Å². The topological polar surface area (TPSA) is 85.8 Å². The van der Waals surface area contributed by atoms with Crippen molar-refractivity contribution in [3.63, 3.8) is 0 Å². The zero-order valence-electron chi connectivity index (χ0n) is 15.0. The highest BCUT2D eigenvalue weighted by Gasteiger charge is 2.22. The fourth-order valence-corrected chi connectivity index (χ4v) is 4.04. The van der Waals surface area contributed by atoms with Crippen molar-refractivity contribution >= 4 is 45.1 Å². The molecule has 3 aromatic heterocycles. The Labute approximate surface area is 169 Å². The van der Waals surface area contributed by atoms with E-state index in [2.05, 4.69) is 27.1 Å². The minimum atomic E-state index is -0.375. The van der Waals surface area contributed by atoms with Crippen LogP contribution in [0.3, 0.4) is 0 Å². The van der Waals surface area contributed by atoms with Gasteiger partial charge >= 0.3 is 0 Å². The van der Waals surface area contributed by atoms with Gasteiger partial charge in [0.2, 0.25) is 11.7 Å². The van der Waals surface area contributed by atoms with E-state index < -0.39 is 0 Å². The number of allylic oxidation sites excluding steroid dienone is 1. The molecule has 1 aromatic carbocycles. The molecule has 0 fully saturated rings. The van der Waals surface area contributed by atoms with Crippen molar-refractivity contribution in [1.29, 1.82) is 0 Å². The van der Waals surface area contributed by atoms with E-state index in [4.69, 9.17) is 4.42 Å². The number of nitrogens with zero attached hydrogens (tertiary/aromatic N) is 4. The summed E-state index contributed by atoms with van der Waals surface area (Å²) in [6, 6.07) is 9.71. The Balaban J connectivity index is 1.59. The maximum absolute atomic E-state index is 12.4. The summed E-state index contributed by atoms with van der Waals surface area (Å²) in [5.74, 6) is 1.09. The second-order valence-electron chi connectivity index (χ2n) is 5.94. The van der Waals surface area contributed by atoms with Crippen molar-refractivity contribution < 1.29 is 9.21 Å². The second-order valence-corrected chi connectivity index (χ2v) is 8.14. The molecule has 0 radical (unpaired) electrons. The van der Waals surface area contributed by atoms with Crippen LogP contribution < -0.4 is 5.32 Å². The van der Waals surface area contributed by atoms with E-state index >= 15 is 0 Å². The Bertz CT molecular complexity index is 1080. The van der Waals surface area contributed by atoms with Gasteiger partial charge in [-0.25, -0.2) is 4.98 Å². The summed E-state index contributed by atoms with van der Waals surface area (Å²) >= 11 is 2.71. The van der Waals surface area contributed by atoms with Gasteiger partial charge in [0, 0.05) is 23.5 Å². The van der Waals surface area contributed by atoms with Gasteiger partial charge in [-0.3, -0.25) is 9.36 Å². The highest BCUT2D eigenvalue weighted by atomic mass is 32.2. The maximum atomic E-state index is 12.4. The molecule has 1 unspecified atom stereocenters. The van der Waals surface area contributed by atoms with E-state index in [9.17, 15) is 4.79 Å². The van der Waals surface area contributed by atoms with Gasteiger partial charge in [0.25, 0.3) is 0 Å². The monoisotopic (exact) mass is 411 g/mol. The number of para-hydroxylation sites is 1. The van der Waals surface area contributed by atoms with Gasteiger partial charge in [0.05, 0.1) is 5.25 Å². The fourth-order valence-electron chi connectivity index (χ4n) is 2.65. The molecular weight excluding hydrogens is 394 g/mol. The zero-order valence-corrected chi connectivity index (χ0v) is 16.7. The molecule has 0 aliphatic heterocycles. The van der Waals surface area contributed by atoms with Crippen LogP contribution in [-0.2, 0) is 11.3 Å². The summed E-state index contributed by atoms with van der Waals surface area (Å²) in [4.78, 5) is 16.5. The second kappa shape index (κ2) is 7.99. The number of carbonyl (C=O) groups is 1. The zero-order chi connectivity index (χ0) is 19.5. The van der Waals surface area contributed by atoms with Gasteiger partial charge in [-0.05, 0) is 19.1 Å². The molecule has 142 valence electrons. The maximum Gasteiger partial charge on any atom is 0.239 e. The summed E-state index contributed by atoms with van der Waals surface area (Å²) in [5.41, 5.74) is 0.788. The molecule has 0 spiro atoms. The van der Waals surface area contributed by atoms with Crippen LogP contribution in [0, 0.1) is 0 Å². The summed E-state index contributed by atoms with van der Waals surface area (Å²) in [6.07, 6.45) is 3.41. The average Bonchev–Trinajstić information content (AvgIpc) is 3.42. The van der Waals surface area contributed by atoms with Crippen molar-refractivity contribution in [2.24, 2.45) is 0 Å². The molecule has 7 nitrogen and oxygen atoms in total. The number of anilines is 1. The molecule has 1 atom stereocenters. The van der Waals surface area contributed by atoms with Gasteiger partial charge in [-0.2, -0.15) is 0 Å². The molecule has 0 aliphatic carbocycles. The van der Waals surface area contributed by atoms with Crippen molar-refractivity contribution in [3.8, 4) is 11.6 Å². The number of fused-ring (bicyclic) bond motifs is 1. The van der Waals surface area contributed by atoms with Crippen LogP contribution in [0.15, 0.2) is 64.1 Å². The van der Waals surface area contributed by atoms with E-state index in [0.29, 0.717) is 28.4 Å². The Morgan fingerprint density at radius 2 is 2.29 bits per heavy atom. The minimum absolute atomic E-state index is 0.140. The number of rotatable bonds is 7. The Morgan fingerprint density at radius 3 is 3.04 bits per heavy atom. The molecule has 4 rings (SSSR count). The predicted molar refractivity (Wildman–Crippen MR) is 111 cm³/mol. The van der Waals surface area contributed by atoms with E-state index in [1.165, 1.54) is 23.1 Å². The average molecular weight is 412 g/mol. The number of amides is 1. The first kappa shape index (κ1) is 18.5. The van der Waals surface area contributed by atoms with Gasteiger partial charge in [0.1, 0.15) is 5.58 Å². The number of nitrogens with one attached hydrogen (secondary N) is 1. The lowest BCUT2D eigenvalue weighted by Crippen LogP contribution is -2.22. The van der Waals surface area contributed by atoms with Gasteiger partial charge in [0.15, 0.2) is 16.0 Å². The fraction of sp³-hybridized carbons (Fsp3) is 0.158. The van der Waals surface area contributed by atoms with Crippen LogP contribution in [0.4, 0.5) is 5.13 Å². The van der Waals surface area contributed by atoms with Crippen molar-refractivity contribution in [1.82, 2.24) is 19.7 Å². The molecule has 9 heteroatoms. The molecule has 3 heterocycles. The van der Waals surface area contributed by atoms with E-state index in [-0.39, 0.29) is 11.2 Å². The SMILES string of the molecule is C=CCn1c(SC(C)C(=O)Nc2nccs2)nnc1-c1cc2ccccc2o1. The molecule has 0 bridgehead atoms. The first-order valence-electron chi connectivity index (χ1n) is 8.56. The van der Waals surface area contributed by atoms with Gasteiger partial charge in [-0.1, -0.05) is 36.0 Å². The Kier molecular flexibility index (Phi) is 5.27. The Morgan fingerprint density at radius 1 is 1.43 bits per heavy atom. The first-order valence-corrected chi connectivity index (χ1v) is 10.3. The molecule has 4 aromatic rings. The highest BCUT2D eigenvalue weighted by Crippen LogP contribution is 2.31. The van der Waals surface area contributed by atoms with Gasteiger partial charge < -0.3 is 9.73 Å². The highest BCUT2D eigenvalue weighted by molar-refractivity contribution is 8.00. The van der Waals surface area contributed by atoms with Crippen LogP contribution in [0.1, 0.15) is 6.92 Å². The number of furan rings is 1. The number of thioether (sulfide) groups is 1. The molecule has 0 saturated carbocycles. The number of hydrogen-bond donors (Lipinski definition) is 1. The van der Waals surface area contributed by atoms with E-state index in [1.54, 1.807) is 12.3 Å². The molecular formula is C19H17N5O2S2. The van der Waals surface area contributed by atoms with Crippen LogP contribution in [0.5, 0.6) is 0 Å². The van der Waals surface area contributed by atoms with Crippen molar-refractivity contribution in [2.45, 2.75) is 23.9 Å². The third-order valence-electron chi connectivity index (χ3n) is 3.99. The summed E-state index contributed by atoms with van der Waals surface area (Å²) in [5, 5.41) is 15.0. The summed E-state index contributed by atoms with van der Waals surface area (Å²) in [6.45, 7) is 6.14. The molecule has 0 aliphatic rings. The normalized spacial score (nSPS) is 12.2. The Hall–Kier alpha value is -2.91. The standard InChI is InChI=1S/C19H17N5O2S2/c1-3-9-24-16(15-11-13-6-4-5-7-14(13)26-15)22-23-19(24)28-12(2)17(25)21-18-20-8-10-27-18/h3-8,10-12H,1,9H2,2H3,(H,20,21,25). The molecule has 1 N–H and O–H groups in total. The number of benzene rings is 1. The van der Waals surface area contributed by atoms with Crippen LogP contribution in [0.25, 0.3) is 22.6 Å². The van der Waals surface area contributed by atoms with E-state index in [0.717, 1.165) is 11.0 Å². The number of thiazole rings is 1. The summed E-state index contributed by atoms with van der Waals surface area (Å²) < 4.78 is 7.82. The lowest BCUT2D eigenvalue weighted by atomic mass is 10.2. The number of hydrogen-bond acceptors (Lipinski definition) is 7. The first-order chi connectivity index (χ1) is 13.7. The van der Waals surface area contributed by atoms with Crippen LogP contribution in [0.2, 0.25) is 0 Å². The lowest BCUT2D eigenvalue weighted by Gasteiger charge is -2.11. The molecule has 0 saturated heterocycles. The minimum Gasteiger partial charge on any atom is -0.453 e. The largest absolute Gasteiger partial charge is 0.453 e. The van der Waals surface area contributed by atoms with Crippen molar-refractivity contribution in [3.05, 3.63) is 54.6 Å². The third-order valence-corrected chi connectivity index (χ3v) is 5.76. The van der Waals surface area contributed by atoms with Gasteiger partial charge in [-0.15, -0.1) is 28.1 Å². The quantitative estimate of drug-likeness (QED) is 0.357. The molecule has 28 heavy (non-hydrogen) atoms. The smallest absolute Gasteiger partial charge is 0.239 e. The summed E-state index contributed by atoms with van der Waals surface area (Å²) in [7, 11) is 0. The lowest BCUT2D eigenvalue weighted by molar-refractivity contribution is -0.115. The third kappa shape index (κ3) is 3.71. The van der Waals surface area contributed by atoms with Crippen LogP contribution >= 0.6 is 23.1 Å². The molecule has 1 amide bonds.